The van der Waals surface area contributed by atoms with Gasteiger partial charge >= 0.3 is 0 Å². The number of para-hydroxylation sites is 4. The van der Waals surface area contributed by atoms with Crippen molar-refractivity contribution in [3.63, 3.8) is 0 Å². The number of nitrogens with zero attached hydrogens (tertiary/aromatic N) is 2. The van der Waals surface area contributed by atoms with Crippen LogP contribution in [-0.2, 0) is 0 Å². The molecule has 0 fully saturated rings. The summed E-state index contributed by atoms with van der Waals surface area (Å²) < 4.78 is 12.1. The van der Waals surface area contributed by atoms with E-state index in [1.807, 2.05) is 48.5 Å². The molecule has 0 saturated heterocycles. The van der Waals surface area contributed by atoms with Crippen molar-refractivity contribution in [2.75, 3.05) is 0 Å². The maximum Gasteiger partial charge on any atom is 0.227 e. The summed E-state index contributed by atoms with van der Waals surface area (Å²) in [5, 5.41) is 2.49. The Balaban J connectivity index is 1.02. The molecule has 4 nitrogen and oxygen atoms in total. The Labute approximate surface area is 300 Å². The molecule has 0 aliphatic heterocycles. The Hall–Kier alpha value is -7.04. The third-order valence-electron chi connectivity index (χ3n) is 9.75. The largest absolute Gasteiger partial charge is 0.436 e. The van der Waals surface area contributed by atoms with Crippen molar-refractivity contribution in [2.45, 2.75) is 0 Å². The van der Waals surface area contributed by atoms with Crippen LogP contribution in [0.1, 0.15) is 0 Å². The van der Waals surface area contributed by atoms with E-state index in [2.05, 4.69) is 133 Å². The number of fused-ring (bicyclic) bond motifs is 3. The van der Waals surface area contributed by atoms with Crippen molar-refractivity contribution in [3.05, 3.63) is 182 Å². The highest BCUT2D eigenvalue weighted by Crippen LogP contribution is 2.36. The van der Waals surface area contributed by atoms with E-state index in [0.717, 1.165) is 66.7 Å². The lowest BCUT2D eigenvalue weighted by molar-refractivity contribution is 0.619. The quantitative estimate of drug-likeness (QED) is 0.177. The highest BCUT2D eigenvalue weighted by molar-refractivity contribution is 5.88. The summed E-state index contributed by atoms with van der Waals surface area (Å²) >= 11 is 0. The minimum Gasteiger partial charge on any atom is -0.436 e. The van der Waals surface area contributed by atoms with E-state index in [-0.39, 0.29) is 0 Å². The summed E-state index contributed by atoms with van der Waals surface area (Å²) in [5.41, 5.74) is 14.3. The van der Waals surface area contributed by atoms with Gasteiger partial charge in [0, 0.05) is 11.1 Å². The molecular weight excluding hydrogens is 637 g/mol. The first-order valence-electron chi connectivity index (χ1n) is 17.4. The van der Waals surface area contributed by atoms with Gasteiger partial charge in [0.1, 0.15) is 11.0 Å². The molecule has 0 unspecified atom stereocenters. The Morgan fingerprint density at radius 2 is 0.635 bits per heavy atom. The second kappa shape index (κ2) is 12.4. The van der Waals surface area contributed by atoms with Crippen LogP contribution in [0.15, 0.2) is 191 Å². The maximum atomic E-state index is 6.05. The third-order valence-corrected chi connectivity index (χ3v) is 9.75. The second-order valence-corrected chi connectivity index (χ2v) is 13.1. The first-order chi connectivity index (χ1) is 25.7. The predicted octanol–water partition coefficient (Wildman–Crippen LogP) is 13.1. The van der Waals surface area contributed by atoms with E-state index >= 15 is 0 Å². The topological polar surface area (TPSA) is 52.1 Å². The Morgan fingerprint density at radius 1 is 0.269 bits per heavy atom. The zero-order chi connectivity index (χ0) is 34.4. The van der Waals surface area contributed by atoms with E-state index in [0.29, 0.717) is 11.8 Å². The van der Waals surface area contributed by atoms with Crippen LogP contribution in [0.5, 0.6) is 0 Å². The van der Waals surface area contributed by atoms with Gasteiger partial charge < -0.3 is 8.83 Å². The molecule has 0 atom stereocenters. The molecular formula is C48H30N2O2. The summed E-state index contributed by atoms with van der Waals surface area (Å²) in [7, 11) is 0. The number of hydrogen-bond acceptors (Lipinski definition) is 4. The van der Waals surface area contributed by atoms with Crippen LogP contribution in [-0.4, -0.2) is 9.97 Å². The molecule has 4 heteroatoms. The SMILES string of the molecule is c1ccc2cc(-c3ccc(-c4cc(-c5ccc(-c6nc7ccccc7o6)cc5)cc(-c5ccc(-c6nc7ccccc7o6)cc5)c4)cc3)ccc2c1. The van der Waals surface area contributed by atoms with Crippen LogP contribution in [0, 0.1) is 0 Å². The van der Waals surface area contributed by atoms with Gasteiger partial charge in [-0.25, -0.2) is 9.97 Å². The van der Waals surface area contributed by atoms with Gasteiger partial charge in [0.2, 0.25) is 11.8 Å². The van der Waals surface area contributed by atoms with Crippen LogP contribution in [0.25, 0.3) is 100 Å². The highest BCUT2D eigenvalue weighted by atomic mass is 16.4. The summed E-state index contributed by atoms with van der Waals surface area (Å²) in [6.45, 7) is 0. The van der Waals surface area contributed by atoms with Gasteiger partial charge in [0.05, 0.1) is 0 Å². The van der Waals surface area contributed by atoms with E-state index in [4.69, 9.17) is 18.8 Å². The van der Waals surface area contributed by atoms with Gasteiger partial charge in [-0.2, -0.15) is 0 Å². The van der Waals surface area contributed by atoms with E-state index in [9.17, 15) is 0 Å². The average Bonchev–Trinajstić information content (AvgIpc) is 3.86. The summed E-state index contributed by atoms with van der Waals surface area (Å²) in [4.78, 5) is 9.40. The maximum absolute atomic E-state index is 6.05. The van der Waals surface area contributed by atoms with Crippen LogP contribution >= 0.6 is 0 Å². The fourth-order valence-electron chi connectivity index (χ4n) is 6.95. The molecule has 0 N–H and O–H groups in total. The Morgan fingerprint density at radius 3 is 1.10 bits per heavy atom. The molecule has 0 saturated carbocycles. The van der Waals surface area contributed by atoms with E-state index in [1.165, 1.54) is 21.9 Å². The number of hydrogen-bond donors (Lipinski definition) is 0. The molecule has 10 aromatic rings. The van der Waals surface area contributed by atoms with Crippen LogP contribution in [0.3, 0.4) is 0 Å². The Bertz CT molecular complexity index is 2680. The zero-order valence-electron chi connectivity index (χ0n) is 28.0. The smallest absolute Gasteiger partial charge is 0.227 e. The molecule has 2 aromatic heterocycles. The summed E-state index contributed by atoms with van der Waals surface area (Å²) in [5.74, 6) is 1.24. The monoisotopic (exact) mass is 666 g/mol. The third kappa shape index (κ3) is 5.53. The molecule has 0 aliphatic carbocycles. The van der Waals surface area contributed by atoms with E-state index in [1.54, 1.807) is 0 Å². The van der Waals surface area contributed by atoms with Gasteiger partial charge in [-0.1, -0.05) is 109 Å². The molecule has 0 aliphatic rings. The van der Waals surface area contributed by atoms with Crippen molar-refractivity contribution in [1.82, 2.24) is 9.97 Å². The molecule has 0 amide bonds. The standard InChI is InChI=1S/C48H30N2O2/c1-2-8-38-27-39(26-21-31(38)7-1)32-13-15-33(16-14-32)40-28-41(34-17-22-36(23-18-34)47-49-43-9-3-5-11-45(43)51-47)30-42(29-40)35-19-24-37(25-20-35)48-50-44-10-4-6-12-46(44)52-48/h1-30H. The first-order valence-corrected chi connectivity index (χ1v) is 17.4. The highest BCUT2D eigenvalue weighted by Gasteiger charge is 2.13. The zero-order valence-corrected chi connectivity index (χ0v) is 28.0. The minimum absolute atomic E-state index is 0.618. The Kier molecular flexibility index (Phi) is 7.10. The molecule has 52 heavy (non-hydrogen) atoms. The van der Waals surface area contributed by atoms with Gasteiger partial charge in [-0.05, 0) is 128 Å². The molecule has 244 valence electrons. The van der Waals surface area contributed by atoms with Crippen molar-refractivity contribution in [1.29, 1.82) is 0 Å². The van der Waals surface area contributed by atoms with Crippen molar-refractivity contribution >= 4 is 33.0 Å². The van der Waals surface area contributed by atoms with Gasteiger partial charge in [0.15, 0.2) is 11.2 Å². The first kappa shape index (κ1) is 29.8. The molecule has 0 spiro atoms. The molecule has 8 aromatic carbocycles. The summed E-state index contributed by atoms with van der Waals surface area (Å²) in [6.07, 6.45) is 0. The second-order valence-electron chi connectivity index (χ2n) is 13.1. The number of benzene rings is 8. The normalized spacial score (nSPS) is 11.5. The van der Waals surface area contributed by atoms with E-state index < -0.39 is 0 Å². The number of rotatable bonds is 6. The van der Waals surface area contributed by atoms with Crippen molar-refractivity contribution < 1.29 is 8.83 Å². The van der Waals surface area contributed by atoms with Crippen LogP contribution < -0.4 is 0 Å². The van der Waals surface area contributed by atoms with Gasteiger partial charge in [0.25, 0.3) is 0 Å². The number of aromatic nitrogens is 2. The van der Waals surface area contributed by atoms with Gasteiger partial charge in [-0.3, -0.25) is 0 Å². The van der Waals surface area contributed by atoms with Crippen molar-refractivity contribution in [3.8, 4) is 67.4 Å². The summed E-state index contributed by atoms with van der Waals surface area (Å²) in [6, 6.07) is 63.5. The van der Waals surface area contributed by atoms with Crippen LogP contribution in [0.4, 0.5) is 0 Å². The fraction of sp³-hybridized carbons (Fsp3) is 0. The van der Waals surface area contributed by atoms with Gasteiger partial charge in [-0.15, -0.1) is 0 Å². The lowest BCUT2D eigenvalue weighted by Crippen LogP contribution is -1.88. The lowest BCUT2D eigenvalue weighted by atomic mass is 9.92. The van der Waals surface area contributed by atoms with Crippen molar-refractivity contribution in [2.24, 2.45) is 0 Å². The predicted molar refractivity (Wildman–Crippen MR) is 212 cm³/mol. The molecule has 2 heterocycles. The average molecular weight is 667 g/mol. The molecule has 10 rings (SSSR count). The number of oxazole rings is 2. The fourth-order valence-corrected chi connectivity index (χ4v) is 6.95. The molecule has 0 radical (unpaired) electrons. The minimum atomic E-state index is 0.618. The van der Waals surface area contributed by atoms with Crippen LogP contribution in [0.2, 0.25) is 0 Å². The molecule has 0 bridgehead atoms. The lowest BCUT2D eigenvalue weighted by Gasteiger charge is -2.13.